The Labute approximate surface area is 204 Å². The smallest absolute Gasteiger partial charge is 0.215 e. The first-order valence-corrected chi connectivity index (χ1v) is 13.2. The number of nitrogens with zero attached hydrogens (tertiary/aromatic N) is 1. The number of hydrogen-bond donors (Lipinski definition) is 0. The van der Waals surface area contributed by atoms with Crippen LogP contribution in [0, 0.1) is 27.7 Å². The van der Waals surface area contributed by atoms with Crippen molar-refractivity contribution in [3.8, 4) is 22.3 Å². The summed E-state index contributed by atoms with van der Waals surface area (Å²) in [6.45, 7) is 10.2. The van der Waals surface area contributed by atoms with Gasteiger partial charge in [-0.3, -0.25) is 0 Å². The number of ether oxygens (including phenoxy) is 1. The highest BCUT2D eigenvalue weighted by Gasteiger charge is 2.32. The molecule has 0 aromatic heterocycles. The summed E-state index contributed by atoms with van der Waals surface area (Å²) in [4.78, 5) is 4.91. The van der Waals surface area contributed by atoms with Gasteiger partial charge in [-0.05, 0) is 72.2 Å². The zero-order valence-corrected chi connectivity index (χ0v) is 21.2. The molecule has 0 atom stereocenters. The Morgan fingerprint density at radius 3 is 1.44 bits per heavy atom. The fourth-order valence-corrected chi connectivity index (χ4v) is 7.65. The van der Waals surface area contributed by atoms with Crippen LogP contribution in [0.25, 0.3) is 22.3 Å². The highest BCUT2D eigenvalue weighted by Crippen LogP contribution is 2.46. The molecule has 0 spiro atoms. The second-order valence-corrected chi connectivity index (χ2v) is 10.9. The van der Waals surface area contributed by atoms with Gasteiger partial charge in [0.15, 0.2) is 0 Å². The fraction of sp³-hybridized carbons (Fsp3) is 0.194. The van der Waals surface area contributed by atoms with E-state index in [-0.39, 0.29) is 0 Å². The van der Waals surface area contributed by atoms with Crippen molar-refractivity contribution in [3.05, 3.63) is 107 Å². The van der Waals surface area contributed by atoms with Crippen LogP contribution >= 0.6 is 7.92 Å². The third-order valence-electron chi connectivity index (χ3n) is 6.55. The summed E-state index contributed by atoms with van der Waals surface area (Å²) < 4.78 is 6.25. The Morgan fingerprint density at radius 1 is 0.559 bits per heavy atom. The topological polar surface area (TPSA) is 21.6 Å². The average Bonchev–Trinajstić information content (AvgIpc) is 3.37. The van der Waals surface area contributed by atoms with Crippen molar-refractivity contribution >= 4 is 24.2 Å². The summed E-state index contributed by atoms with van der Waals surface area (Å²) in [6, 6.07) is 30.7. The molecule has 4 aromatic rings. The van der Waals surface area contributed by atoms with Gasteiger partial charge in [-0.25, -0.2) is 4.99 Å². The summed E-state index contributed by atoms with van der Waals surface area (Å²) in [5, 5.41) is 2.69. The van der Waals surface area contributed by atoms with E-state index in [4.69, 9.17) is 9.73 Å². The van der Waals surface area contributed by atoms with Crippen LogP contribution in [-0.2, 0) is 4.74 Å². The van der Waals surface area contributed by atoms with Crippen LogP contribution in [0.3, 0.4) is 0 Å². The molecule has 0 unspecified atom stereocenters. The van der Waals surface area contributed by atoms with Gasteiger partial charge in [-0.15, -0.1) is 0 Å². The molecule has 3 heteroatoms. The Bertz CT molecular complexity index is 1290. The number of benzene rings is 4. The quantitative estimate of drug-likeness (QED) is 0.290. The lowest BCUT2D eigenvalue weighted by molar-refractivity contribution is 0.356. The van der Waals surface area contributed by atoms with Crippen molar-refractivity contribution in [2.24, 2.45) is 4.99 Å². The van der Waals surface area contributed by atoms with E-state index in [0.29, 0.717) is 6.61 Å². The summed E-state index contributed by atoms with van der Waals surface area (Å²) in [6.07, 6.45) is 0. The van der Waals surface area contributed by atoms with Crippen LogP contribution < -0.4 is 10.6 Å². The molecule has 1 aliphatic rings. The highest BCUT2D eigenvalue weighted by atomic mass is 31.1. The van der Waals surface area contributed by atoms with Gasteiger partial charge in [-0.1, -0.05) is 84.9 Å². The lowest BCUT2D eigenvalue weighted by Crippen LogP contribution is -2.25. The van der Waals surface area contributed by atoms with Crippen molar-refractivity contribution in [2.45, 2.75) is 27.7 Å². The van der Waals surface area contributed by atoms with E-state index in [0.717, 1.165) is 12.2 Å². The van der Waals surface area contributed by atoms with E-state index in [1.807, 2.05) is 0 Å². The van der Waals surface area contributed by atoms with Gasteiger partial charge < -0.3 is 4.74 Å². The van der Waals surface area contributed by atoms with Crippen LogP contribution in [0.5, 0.6) is 0 Å². The van der Waals surface area contributed by atoms with Crippen LogP contribution in [0.1, 0.15) is 22.3 Å². The molecule has 170 valence electrons. The van der Waals surface area contributed by atoms with Gasteiger partial charge in [0, 0.05) is 18.5 Å². The minimum absolute atomic E-state index is 0.658. The van der Waals surface area contributed by atoms with Crippen molar-refractivity contribution in [3.63, 3.8) is 0 Å². The normalized spacial score (nSPS) is 13.1. The van der Waals surface area contributed by atoms with E-state index < -0.39 is 7.92 Å². The molecule has 0 radical (unpaired) electrons. The van der Waals surface area contributed by atoms with Crippen LogP contribution in [0.15, 0.2) is 89.9 Å². The predicted octanol–water partition coefficient (Wildman–Crippen LogP) is 7.07. The maximum absolute atomic E-state index is 6.25. The lowest BCUT2D eigenvalue weighted by Gasteiger charge is -2.27. The van der Waals surface area contributed by atoms with Gasteiger partial charge >= 0.3 is 0 Å². The molecule has 0 amide bonds. The average molecular weight is 464 g/mol. The standard InChI is InChI=1S/C31H30NOP/c1-21-11-5-7-15-25(21)27-17-9-13-23(3)29(27)34(31-32-19-20-33-31)30-24(4)14-10-18-28(30)26-16-8-6-12-22(26)2/h5-18H,19-20H2,1-4H3. The van der Waals surface area contributed by atoms with E-state index in [1.165, 1.54) is 55.1 Å². The Kier molecular flexibility index (Phi) is 6.35. The molecule has 0 fully saturated rings. The zero-order valence-electron chi connectivity index (χ0n) is 20.3. The second-order valence-electron chi connectivity index (χ2n) is 8.92. The van der Waals surface area contributed by atoms with Crippen molar-refractivity contribution < 1.29 is 4.74 Å². The molecule has 4 aromatic carbocycles. The summed E-state index contributed by atoms with van der Waals surface area (Å²) >= 11 is 0. The van der Waals surface area contributed by atoms with Gasteiger partial charge in [0.2, 0.25) is 5.64 Å². The third-order valence-corrected chi connectivity index (χ3v) is 9.29. The number of aryl methyl sites for hydroxylation is 4. The van der Waals surface area contributed by atoms with Crippen LogP contribution in [-0.4, -0.2) is 18.8 Å². The molecule has 0 aliphatic carbocycles. The molecule has 1 aliphatic heterocycles. The molecule has 5 rings (SSSR count). The second kappa shape index (κ2) is 9.57. The minimum Gasteiger partial charge on any atom is -0.475 e. The molecule has 0 bridgehead atoms. The first kappa shape index (κ1) is 22.6. The zero-order chi connectivity index (χ0) is 23.7. The predicted molar refractivity (Wildman–Crippen MR) is 147 cm³/mol. The minimum atomic E-state index is -0.979. The van der Waals surface area contributed by atoms with E-state index >= 15 is 0 Å². The molecule has 0 saturated carbocycles. The van der Waals surface area contributed by atoms with Gasteiger partial charge in [0.1, 0.15) is 6.61 Å². The first-order chi connectivity index (χ1) is 16.6. The van der Waals surface area contributed by atoms with Crippen LogP contribution in [0.2, 0.25) is 0 Å². The molecular weight excluding hydrogens is 433 g/mol. The largest absolute Gasteiger partial charge is 0.475 e. The number of rotatable bonds is 5. The van der Waals surface area contributed by atoms with Gasteiger partial charge in [0.05, 0.1) is 6.54 Å². The molecule has 0 saturated heterocycles. The van der Waals surface area contributed by atoms with Gasteiger partial charge in [-0.2, -0.15) is 0 Å². The molecule has 34 heavy (non-hydrogen) atoms. The molecule has 0 N–H and O–H groups in total. The van der Waals surface area contributed by atoms with Crippen molar-refractivity contribution in [1.82, 2.24) is 0 Å². The summed E-state index contributed by atoms with van der Waals surface area (Å²) in [5.41, 5.74) is 11.1. The van der Waals surface area contributed by atoms with Crippen LogP contribution in [0.4, 0.5) is 0 Å². The Hall–Kier alpha value is -3.22. The Morgan fingerprint density at radius 2 is 1.00 bits per heavy atom. The summed E-state index contributed by atoms with van der Waals surface area (Å²) in [7, 11) is -0.979. The maximum Gasteiger partial charge on any atom is 0.215 e. The highest BCUT2D eigenvalue weighted by molar-refractivity contribution is 7.88. The van der Waals surface area contributed by atoms with Crippen molar-refractivity contribution in [2.75, 3.05) is 13.2 Å². The maximum atomic E-state index is 6.25. The summed E-state index contributed by atoms with van der Waals surface area (Å²) in [5.74, 6) is 0. The third kappa shape index (κ3) is 4.08. The monoisotopic (exact) mass is 463 g/mol. The number of hydrogen-bond acceptors (Lipinski definition) is 2. The van der Waals surface area contributed by atoms with Gasteiger partial charge in [0.25, 0.3) is 0 Å². The van der Waals surface area contributed by atoms with E-state index in [9.17, 15) is 0 Å². The Balaban J connectivity index is 1.84. The first-order valence-electron chi connectivity index (χ1n) is 11.8. The van der Waals surface area contributed by atoms with E-state index in [2.05, 4.69) is 113 Å². The van der Waals surface area contributed by atoms with E-state index in [1.54, 1.807) is 0 Å². The SMILES string of the molecule is Cc1ccccc1-c1cccc(C)c1P(C1=NCCO1)c1c(C)cccc1-c1ccccc1C. The van der Waals surface area contributed by atoms with Crippen molar-refractivity contribution in [1.29, 1.82) is 0 Å². The molecular formula is C31H30NOP. The fourth-order valence-electron chi connectivity index (χ4n) is 4.86. The number of aliphatic imine (C=N–C) groups is 1. The lowest BCUT2D eigenvalue weighted by atomic mass is 9.99. The molecule has 2 nitrogen and oxygen atoms in total. The molecule has 1 heterocycles.